The Bertz CT molecular complexity index is 521. The van der Waals surface area contributed by atoms with Gasteiger partial charge in [-0.3, -0.25) is 0 Å². The predicted molar refractivity (Wildman–Crippen MR) is 67.0 cm³/mol. The van der Waals surface area contributed by atoms with E-state index in [1.807, 2.05) is 4.72 Å². The predicted octanol–water partition coefficient (Wildman–Crippen LogP) is 0.958. The fourth-order valence-corrected chi connectivity index (χ4v) is 2.72. The second-order valence-electron chi connectivity index (χ2n) is 3.76. The second kappa shape index (κ2) is 6.78. The highest BCUT2D eigenvalue weighted by Crippen LogP contribution is 2.24. The minimum absolute atomic E-state index is 0.113. The van der Waals surface area contributed by atoms with E-state index in [-0.39, 0.29) is 10.6 Å². The number of alkyl halides is 2. The summed E-state index contributed by atoms with van der Waals surface area (Å²) in [7, 11) is -0.987. The highest BCUT2D eigenvalue weighted by Gasteiger charge is 2.21. The van der Waals surface area contributed by atoms with Gasteiger partial charge in [0.05, 0.1) is 13.7 Å². The molecule has 0 radical (unpaired) electrons. The first-order chi connectivity index (χ1) is 8.90. The molecule has 8 heteroatoms. The third kappa shape index (κ3) is 4.41. The van der Waals surface area contributed by atoms with E-state index in [9.17, 15) is 17.2 Å². The third-order valence-corrected chi connectivity index (χ3v) is 3.77. The molecule has 0 unspecified atom stereocenters. The van der Waals surface area contributed by atoms with E-state index in [0.29, 0.717) is 12.1 Å². The van der Waals surface area contributed by atoms with Crippen LogP contribution in [0.5, 0.6) is 5.75 Å². The standard InChI is InChI=1S/C11H16F2N2O3S/c1-14-6-8-3-4-9(18-2)10(5-8)19(16,17)15-7-11(12)13/h3-5,11,14-15H,6-7H2,1-2H3. The number of methoxy groups -OCH3 is 1. The molecule has 0 aliphatic rings. The molecule has 1 aromatic rings. The summed E-state index contributed by atoms with van der Waals surface area (Å²) in [5, 5.41) is 2.87. The van der Waals surface area contributed by atoms with Crippen LogP contribution in [0.2, 0.25) is 0 Å². The van der Waals surface area contributed by atoms with Crippen molar-refractivity contribution >= 4 is 10.0 Å². The van der Waals surface area contributed by atoms with Gasteiger partial charge in [-0.2, -0.15) is 0 Å². The number of rotatable bonds is 7. The average molecular weight is 294 g/mol. The molecule has 0 saturated carbocycles. The Labute approximate surface area is 111 Å². The highest BCUT2D eigenvalue weighted by atomic mass is 32.2. The third-order valence-electron chi connectivity index (χ3n) is 2.33. The van der Waals surface area contributed by atoms with Crippen molar-refractivity contribution in [2.45, 2.75) is 17.9 Å². The minimum Gasteiger partial charge on any atom is -0.495 e. The molecule has 0 heterocycles. The second-order valence-corrected chi connectivity index (χ2v) is 5.49. The molecule has 0 atom stereocenters. The zero-order valence-corrected chi connectivity index (χ0v) is 11.4. The van der Waals surface area contributed by atoms with Crippen LogP contribution in [0.4, 0.5) is 8.78 Å². The maximum Gasteiger partial charge on any atom is 0.251 e. The summed E-state index contributed by atoms with van der Waals surface area (Å²) in [5.74, 6) is 0.113. The first-order valence-electron chi connectivity index (χ1n) is 5.50. The zero-order chi connectivity index (χ0) is 14.5. The monoisotopic (exact) mass is 294 g/mol. The quantitative estimate of drug-likeness (QED) is 0.786. The van der Waals surface area contributed by atoms with Gasteiger partial charge in [0.25, 0.3) is 6.43 Å². The van der Waals surface area contributed by atoms with Crippen LogP contribution >= 0.6 is 0 Å². The van der Waals surface area contributed by atoms with Crippen molar-refractivity contribution in [1.29, 1.82) is 0 Å². The minimum atomic E-state index is -4.02. The molecule has 19 heavy (non-hydrogen) atoms. The summed E-state index contributed by atoms with van der Waals surface area (Å²) in [6.45, 7) is -0.469. The SMILES string of the molecule is CNCc1ccc(OC)c(S(=O)(=O)NCC(F)F)c1. The molecule has 0 aliphatic carbocycles. The Morgan fingerprint density at radius 3 is 2.58 bits per heavy atom. The molecule has 0 spiro atoms. The molecule has 0 amide bonds. The summed E-state index contributed by atoms with van der Waals surface area (Å²) in [5.41, 5.74) is 0.709. The lowest BCUT2D eigenvalue weighted by atomic mass is 10.2. The Hall–Kier alpha value is -1.25. The number of ether oxygens (including phenoxy) is 1. The van der Waals surface area contributed by atoms with Crippen LogP contribution in [0.1, 0.15) is 5.56 Å². The molecule has 0 aromatic heterocycles. The zero-order valence-electron chi connectivity index (χ0n) is 10.6. The van der Waals surface area contributed by atoms with Gasteiger partial charge in [-0.25, -0.2) is 21.9 Å². The van der Waals surface area contributed by atoms with Crippen LogP contribution in [0.3, 0.4) is 0 Å². The first kappa shape index (κ1) is 15.8. The van der Waals surface area contributed by atoms with Gasteiger partial charge in [-0.1, -0.05) is 6.07 Å². The Kier molecular flexibility index (Phi) is 5.64. The van der Waals surface area contributed by atoms with E-state index in [2.05, 4.69) is 5.32 Å². The van der Waals surface area contributed by atoms with Crippen molar-refractivity contribution in [2.24, 2.45) is 0 Å². The summed E-state index contributed by atoms with van der Waals surface area (Å²) >= 11 is 0. The Balaban J connectivity index is 3.11. The van der Waals surface area contributed by atoms with E-state index in [1.54, 1.807) is 13.1 Å². The number of nitrogens with one attached hydrogen (secondary N) is 2. The Morgan fingerprint density at radius 2 is 2.05 bits per heavy atom. The molecule has 0 bridgehead atoms. The largest absolute Gasteiger partial charge is 0.495 e. The van der Waals surface area contributed by atoms with Crippen LogP contribution in [-0.2, 0) is 16.6 Å². The fourth-order valence-electron chi connectivity index (χ4n) is 1.50. The normalized spacial score (nSPS) is 11.8. The highest BCUT2D eigenvalue weighted by molar-refractivity contribution is 7.89. The number of halogens is 2. The van der Waals surface area contributed by atoms with Gasteiger partial charge in [-0.15, -0.1) is 0 Å². The van der Waals surface area contributed by atoms with Crippen LogP contribution < -0.4 is 14.8 Å². The molecule has 1 rings (SSSR count). The van der Waals surface area contributed by atoms with Gasteiger partial charge in [0.2, 0.25) is 10.0 Å². The topological polar surface area (TPSA) is 67.4 Å². The molecule has 0 aliphatic heterocycles. The van der Waals surface area contributed by atoms with Gasteiger partial charge in [0.15, 0.2) is 0 Å². The summed E-state index contributed by atoms with van der Waals surface area (Å²) in [6.07, 6.45) is -2.75. The first-order valence-corrected chi connectivity index (χ1v) is 6.98. The van der Waals surface area contributed by atoms with E-state index in [1.165, 1.54) is 19.2 Å². The van der Waals surface area contributed by atoms with Gasteiger partial charge in [-0.05, 0) is 24.7 Å². The maximum atomic E-state index is 12.1. The molecule has 2 N–H and O–H groups in total. The summed E-state index contributed by atoms with van der Waals surface area (Å²) in [4.78, 5) is -0.150. The van der Waals surface area contributed by atoms with Crippen LogP contribution in [0.15, 0.2) is 23.1 Å². The number of hydrogen-bond acceptors (Lipinski definition) is 4. The van der Waals surface area contributed by atoms with Gasteiger partial charge >= 0.3 is 0 Å². The van der Waals surface area contributed by atoms with Crippen LogP contribution in [0, 0.1) is 0 Å². The average Bonchev–Trinajstić information content (AvgIpc) is 2.37. The van der Waals surface area contributed by atoms with Crippen molar-refractivity contribution in [2.75, 3.05) is 20.7 Å². The van der Waals surface area contributed by atoms with Crippen LogP contribution in [-0.4, -0.2) is 35.5 Å². The molecular weight excluding hydrogens is 278 g/mol. The van der Waals surface area contributed by atoms with E-state index < -0.39 is 23.0 Å². The van der Waals surface area contributed by atoms with Gasteiger partial charge < -0.3 is 10.1 Å². The van der Waals surface area contributed by atoms with Crippen molar-refractivity contribution < 1.29 is 21.9 Å². The Morgan fingerprint density at radius 1 is 1.37 bits per heavy atom. The van der Waals surface area contributed by atoms with Gasteiger partial charge in [0, 0.05) is 6.54 Å². The summed E-state index contributed by atoms with van der Waals surface area (Å²) in [6, 6.07) is 4.58. The number of benzene rings is 1. The maximum absolute atomic E-state index is 12.1. The van der Waals surface area contributed by atoms with E-state index in [4.69, 9.17) is 4.74 Å². The molecule has 5 nitrogen and oxygen atoms in total. The van der Waals surface area contributed by atoms with Crippen LogP contribution in [0.25, 0.3) is 0 Å². The van der Waals surface area contributed by atoms with Crippen molar-refractivity contribution in [3.8, 4) is 5.75 Å². The lowest BCUT2D eigenvalue weighted by molar-refractivity contribution is 0.153. The van der Waals surface area contributed by atoms with Crippen molar-refractivity contribution in [3.05, 3.63) is 23.8 Å². The molecule has 0 fully saturated rings. The lowest BCUT2D eigenvalue weighted by Gasteiger charge is -2.12. The number of hydrogen-bond donors (Lipinski definition) is 2. The molecular formula is C11H16F2N2O3S. The van der Waals surface area contributed by atoms with Crippen molar-refractivity contribution in [1.82, 2.24) is 10.0 Å². The number of sulfonamides is 1. The van der Waals surface area contributed by atoms with E-state index >= 15 is 0 Å². The summed E-state index contributed by atoms with van der Waals surface area (Å²) < 4.78 is 54.8. The fraction of sp³-hybridized carbons (Fsp3) is 0.455. The smallest absolute Gasteiger partial charge is 0.251 e. The van der Waals surface area contributed by atoms with Gasteiger partial charge in [0.1, 0.15) is 10.6 Å². The lowest BCUT2D eigenvalue weighted by Crippen LogP contribution is -2.29. The van der Waals surface area contributed by atoms with E-state index in [0.717, 1.165) is 0 Å². The molecule has 0 saturated heterocycles. The molecule has 108 valence electrons. The van der Waals surface area contributed by atoms with Crippen molar-refractivity contribution in [3.63, 3.8) is 0 Å². The molecule has 1 aromatic carbocycles.